The van der Waals surface area contributed by atoms with E-state index in [0.29, 0.717) is 53.5 Å². The Balaban J connectivity index is 1.43. The van der Waals surface area contributed by atoms with Gasteiger partial charge in [0.1, 0.15) is 22.6 Å². The Kier molecular flexibility index (Phi) is 9.29. The Morgan fingerprint density at radius 1 is 0.969 bits per heavy atom. The first-order valence-electron chi connectivity index (χ1n) is 9.73. The minimum atomic E-state index is 0.123. The second-order valence-electron chi connectivity index (χ2n) is 6.40. The number of aromatic nitrogens is 4. The van der Waals surface area contributed by atoms with Gasteiger partial charge in [0.2, 0.25) is 5.82 Å². The van der Waals surface area contributed by atoms with E-state index < -0.39 is 0 Å². The van der Waals surface area contributed by atoms with E-state index in [-0.39, 0.29) is 11.1 Å². The van der Waals surface area contributed by atoms with Gasteiger partial charge in [-0.3, -0.25) is 0 Å². The van der Waals surface area contributed by atoms with Crippen LogP contribution in [0, 0.1) is 0 Å². The summed E-state index contributed by atoms with van der Waals surface area (Å²) in [6, 6.07) is 10.7. The average molecular weight is 518 g/mol. The molecule has 0 aliphatic carbocycles. The predicted molar refractivity (Wildman–Crippen MR) is 126 cm³/mol. The summed E-state index contributed by atoms with van der Waals surface area (Å²) in [7, 11) is 0. The molecule has 0 aliphatic rings. The molecule has 0 radical (unpaired) electrons. The fraction of sp³-hybridized carbons (Fsp3) is 0.286. The highest BCUT2D eigenvalue weighted by Crippen LogP contribution is 2.37. The number of halogens is 4. The monoisotopic (exact) mass is 516 g/mol. The number of hydrogen-bond acceptors (Lipinski definition) is 6. The summed E-state index contributed by atoms with van der Waals surface area (Å²) in [6.45, 7) is 3.67. The maximum absolute atomic E-state index is 6.26. The van der Waals surface area contributed by atoms with Crippen LogP contribution in [0.2, 0.25) is 10.0 Å². The van der Waals surface area contributed by atoms with Crippen molar-refractivity contribution in [1.82, 2.24) is 20.2 Å². The topological polar surface area (TPSA) is 71.3 Å². The summed E-state index contributed by atoms with van der Waals surface area (Å²) < 4.78 is 17.1. The molecular weight excluding hydrogens is 498 g/mol. The number of rotatable bonds is 11. The number of hydrogen-bond donors (Lipinski definition) is 0. The van der Waals surface area contributed by atoms with E-state index in [0.717, 1.165) is 11.3 Å². The average Bonchev–Trinajstić information content (AvgIpc) is 3.25. The largest absolute Gasteiger partial charge is 0.493 e. The van der Waals surface area contributed by atoms with Crippen molar-refractivity contribution in [2.75, 3.05) is 19.8 Å². The standard InChI is InChI=1S/C21H20Cl4N4O3/c1-2-29-27-21(26-28-29)14-4-6-15(7-5-14)30-9-3-10-32-20-17(22)12-16(13-18(20)23)31-11-8-19(24)25/h4-8,12-13H,2-3,9-11H2,1H3. The van der Waals surface area contributed by atoms with Crippen molar-refractivity contribution >= 4 is 46.4 Å². The molecule has 0 N–H and O–H groups in total. The molecule has 0 saturated heterocycles. The molecule has 0 saturated carbocycles. The first-order chi connectivity index (χ1) is 15.5. The van der Waals surface area contributed by atoms with Gasteiger partial charge in [0.15, 0.2) is 5.75 Å². The second-order valence-corrected chi connectivity index (χ2v) is 8.22. The molecule has 0 fully saturated rings. The third-order valence-corrected chi connectivity index (χ3v) is 4.98. The van der Waals surface area contributed by atoms with Gasteiger partial charge in [-0.05, 0) is 42.5 Å². The number of tetrazole rings is 1. The number of ether oxygens (including phenoxy) is 3. The number of nitrogens with zero attached hydrogens (tertiary/aromatic N) is 4. The molecule has 1 heterocycles. The smallest absolute Gasteiger partial charge is 0.204 e. The molecule has 0 spiro atoms. The first-order valence-corrected chi connectivity index (χ1v) is 11.2. The van der Waals surface area contributed by atoms with Gasteiger partial charge in [-0.25, -0.2) is 0 Å². The highest BCUT2D eigenvalue weighted by Gasteiger charge is 2.11. The van der Waals surface area contributed by atoms with Gasteiger partial charge in [0, 0.05) is 24.1 Å². The third kappa shape index (κ3) is 7.17. The minimum Gasteiger partial charge on any atom is -0.493 e. The Morgan fingerprint density at radius 2 is 1.66 bits per heavy atom. The van der Waals surface area contributed by atoms with Crippen molar-refractivity contribution in [3.8, 4) is 28.6 Å². The third-order valence-electron chi connectivity index (χ3n) is 4.11. The molecule has 0 amide bonds. The lowest BCUT2D eigenvalue weighted by atomic mass is 10.2. The Labute approximate surface area is 205 Å². The van der Waals surface area contributed by atoms with Crippen molar-refractivity contribution in [2.45, 2.75) is 19.9 Å². The van der Waals surface area contributed by atoms with Crippen LogP contribution in [0.3, 0.4) is 0 Å². The van der Waals surface area contributed by atoms with E-state index in [2.05, 4.69) is 15.4 Å². The van der Waals surface area contributed by atoms with E-state index in [9.17, 15) is 0 Å². The Hall–Kier alpha value is -2.19. The fourth-order valence-corrected chi connectivity index (χ4v) is 3.28. The summed E-state index contributed by atoms with van der Waals surface area (Å²) in [4.78, 5) is 1.54. The molecule has 32 heavy (non-hydrogen) atoms. The van der Waals surface area contributed by atoms with E-state index in [4.69, 9.17) is 60.6 Å². The number of aryl methyl sites for hydroxylation is 1. The van der Waals surface area contributed by atoms with Gasteiger partial charge in [-0.1, -0.05) is 46.4 Å². The first kappa shape index (κ1) is 24.5. The van der Waals surface area contributed by atoms with Crippen LogP contribution in [0.4, 0.5) is 0 Å². The lowest BCUT2D eigenvalue weighted by molar-refractivity contribution is 0.247. The molecule has 2 aromatic carbocycles. The molecule has 0 aliphatic heterocycles. The Bertz CT molecular complexity index is 1030. The van der Waals surface area contributed by atoms with Crippen LogP contribution in [0.25, 0.3) is 11.4 Å². The zero-order chi connectivity index (χ0) is 22.9. The molecule has 0 unspecified atom stereocenters. The molecule has 1 aromatic heterocycles. The van der Waals surface area contributed by atoms with Crippen LogP contribution in [0.5, 0.6) is 17.2 Å². The summed E-state index contributed by atoms with van der Waals surface area (Å²) in [6.07, 6.45) is 2.15. The normalized spacial score (nSPS) is 10.7. The molecule has 3 aromatic rings. The van der Waals surface area contributed by atoms with Crippen LogP contribution >= 0.6 is 46.4 Å². The van der Waals surface area contributed by atoms with Gasteiger partial charge in [-0.15, -0.1) is 10.2 Å². The van der Waals surface area contributed by atoms with Gasteiger partial charge >= 0.3 is 0 Å². The zero-order valence-electron chi connectivity index (χ0n) is 17.1. The molecule has 170 valence electrons. The van der Waals surface area contributed by atoms with Crippen molar-refractivity contribution < 1.29 is 14.2 Å². The van der Waals surface area contributed by atoms with Crippen molar-refractivity contribution in [1.29, 1.82) is 0 Å². The van der Waals surface area contributed by atoms with Crippen LogP contribution in [-0.4, -0.2) is 40.0 Å². The van der Waals surface area contributed by atoms with E-state index in [1.54, 1.807) is 12.1 Å². The molecular formula is C21H20Cl4N4O3. The van der Waals surface area contributed by atoms with Gasteiger partial charge in [0.25, 0.3) is 0 Å². The van der Waals surface area contributed by atoms with Crippen LogP contribution in [0.1, 0.15) is 13.3 Å². The van der Waals surface area contributed by atoms with Gasteiger partial charge in [0.05, 0.1) is 29.8 Å². The second kappa shape index (κ2) is 12.2. The lowest BCUT2D eigenvalue weighted by Gasteiger charge is -2.12. The summed E-state index contributed by atoms with van der Waals surface area (Å²) in [5.41, 5.74) is 0.874. The maximum atomic E-state index is 6.26. The molecule has 0 bridgehead atoms. The van der Waals surface area contributed by atoms with E-state index >= 15 is 0 Å². The summed E-state index contributed by atoms with van der Waals surface area (Å²) in [5, 5.41) is 13.0. The van der Waals surface area contributed by atoms with Gasteiger partial charge < -0.3 is 14.2 Å². The zero-order valence-corrected chi connectivity index (χ0v) is 20.1. The molecule has 3 rings (SSSR count). The fourth-order valence-electron chi connectivity index (χ4n) is 2.57. The molecule has 11 heteroatoms. The highest BCUT2D eigenvalue weighted by molar-refractivity contribution is 6.55. The molecule has 7 nitrogen and oxygen atoms in total. The van der Waals surface area contributed by atoms with E-state index in [1.807, 2.05) is 31.2 Å². The minimum absolute atomic E-state index is 0.123. The predicted octanol–water partition coefficient (Wildman–Crippen LogP) is 6.21. The Morgan fingerprint density at radius 3 is 2.28 bits per heavy atom. The van der Waals surface area contributed by atoms with E-state index in [1.165, 1.54) is 10.9 Å². The van der Waals surface area contributed by atoms with Crippen LogP contribution < -0.4 is 14.2 Å². The lowest BCUT2D eigenvalue weighted by Crippen LogP contribution is -2.05. The highest BCUT2D eigenvalue weighted by atomic mass is 35.5. The van der Waals surface area contributed by atoms with Crippen LogP contribution in [-0.2, 0) is 6.54 Å². The number of benzene rings is 2. The quantitative estimate of drug-likeness (QED) is 0.281. The SMILES string of the molecule is CCn1nnc(-c2ccc(OCCCOc3c(Cl)cc(OCC=C(Cl)Cl)cc3Cl)cc2)n1. The van der Waals surface area contributed by atoms with Crippen molar-refractivity contribution in [3.05, 3.63) is 57.0 Å². The molecule has 0 atom stereocenters. The van der Waals surface area contributed by atoms with Crippen molar-refractivity contribution in [2.24, 2.45) is 0 Å². The summed E-state index contributed by atoms with van der Waals surface area (Å²) in [5.74, 6) is 2.19. The van der Waals surface area contributed by atoms with Crippen molar-refractivity contribution in [3.63, 3.8) is 0 Å². The summed E-state index contributed by atoms with van der Waals surface area (Å²) >= 11 is 23.6. The van der Waals surface area contributed by atoms with Gasteiger partial charge in [-0.2, -0.15) is 4.80 Å². The van der Waals surface area contributed by atoms with Crippen LogP contribution in [0.15, 0.2) is 47.0 Å². The maximum Gasteiger partial charge on any atom is 0.204 e.